The zero-order chi connectivity index (χ0) is 10.9. The molecule has 0 N–H and O–H groups in total. The lowest BCUT2D eigenvalue weighted by Crippen LogP contribution is -2.12. The Morgan fingerprint density at radius 1 is 1.07 bits per heavy atom. The number of halogens is 2. The van der Waals surface area contributed by atoms with Crippen LogP contribution >= 0.6 is 23.2 Å². The summed E-state index contributed by atoms with van der Waals surface area (Å²) in [5.74, 6) is 0.688. The molecule has 0 heterocycles. The van der Waals surface area contributed by atoms with E-state index in [0.29, 0.717) is 15.8 Å². The van der Waals surface area contributed by atoms with Crippen LogP contribution in [-0.2, 0) is 5.41 Å². The summed E-state index contributed by atoms with van der Waals surface area (Å²) in [6.45, 7) is 6.23. The molecule has 1 rings (SSSR count). The molecular weight excluding hydrogens is 219 g/mol. The van der Waals surface area contributed by atoms with Crippen molar-refractivity contribution in [3.63, 3.8) is 0 Å². The Morgan fingerprint density at radius 2 is 1.50 bits per heavy atom. The molecule has 0 bridgehead atoms. The van der Waals surface area contributed by atoms with E-state index in [1.54, 1.807) is 19.2 Å². The van der Waals surface area contributed by atoms with Crippen molar-refractivity contribution in [2.24, 2.45) is 0 Å². The zero-order valence-corrected chi connectivity index (χ0v) is 10.3. The molecule has 0 amide bonds. The minimum Gasteiger partial charge on any atom is -0.497 e. The van der Waals surface area contributed by atoms with E-state index < -0.39 is 0 Å². The van der Waals surface area contributed by atoms with Crippen molar-refractivity contribution in [1.82, 2.24) is 0 Å². The second-order valence-corrected chi connectivity index (χ2v) is 5.03. The Kier molecular flexibility index (Phi) is 3.33. The Balaban J connectivity index is 3.33. The molecule has 0 unspecified atom stereocenters. The van der Waals surface area contributed by atoms with Crippen LogP contribution in [0.25, 0.3) is 0 Å². The van der Waals surface area contributed by atoms with Gasteiger partial charge in [-0.05, 0) is 23.1 Å². The minimum atomic E-state index is -0.0551. The second-order valence-electron chi connectivity index (χ2n) is 4.22. The minimum absolute atomic E-state index is 0.0551. The predicted octanol–water partition coefficient (Wildman–Crippen LogP) is 4.30. The van der Waals surface area contributed by atoms with Crippen LogP contribution in [0, 0.1) is 0 Å². The first-order valence-electron chi connectivity index (χ1n) is 4.40. The Bertz CT molecular complexity index is 317. The van der Waals surface area contributed by atoms with Crippen molar-refractivity contribution in [3.05, 3.63) is 27.7 Å². The molecule has 0 fully saturated rings. The topological polar surface area (TPSA) is 9.23 Å². The molecule has 14 heavy (non-hydrogen) atoms. The highest BCUT2D eigenvalue weighted by atomic mass is 35.5. The molecule has 0 atom stereocenters. The molecule has 0 aliphatic carbocycles. The lowest BCUT2D eigenvalue weighted by Gasteiger charge is -2.22. The monoisotopic (exact) mass is 232 g/mol. The SMILES string of the molecule is COc1cc(Cl)c(C(C)(C)C)c(Cl)c1. The lowest BCUT2D eigenvalue weighted by atomic mass is 9.87. The van der Waals surface area contributed by atoms with E-state index in [1.165, 1.54) is 0 Å². The molecule has 1 aromatic rings. The van der Waals surface area contributed by atoms with Gasteiger partial charge in [-0.15, -0.1) is 0 Å². The van der Waals surface area contributed by atoms with Crippen LogP contribution in [0.4, 0.5) is 0 Å². The molecule has 0 radical (unpaired) electrons. The maximum Gasteiger partial charge on any atom is 0.121 e. The van der Waals surface area contributed by atoms with Crippen molar-refractivity contribution in [2.45, 2.75) is 26.2 Å². The molecule has 3 heteroatoms. The molecule has 0 saturated heterocycles. The second kappa shape index (κ2) is 4.00. The Hall–Kier alpha value is -0.400. The summed E-state index contributed by atoms with van der Waals surface area (Å²) < 4.78 is 5.07. The van der Waals surface area contributed by atoms with Crippen LogP contribution in [0.2, 0.25) is 10.0 Å². The molecule has 1 nitrogen and oxygen atoms in total. The number of benzene rings is 1. The summed E-state index contributed by atoms with van der Waals surface area (Å²) >= 11 is 12.3. The highest BCUT2D eigenvalue weighted by Gasteiger charge is 2.21. The summed E-state index contributed by atoms with van der Waals surface area (Å²) in [5, 5.41) is 1.31. The van der Waals surface area contributed by atoms with Gasteiger partial charge in [0, 0.05) is 10.0 Å². The van der Waals surface area contributed by atoms with Gasteiger partial charge in [0.25, 0.3) is 0 Å². The Labute approximate surface area is 95.0 Å². The van der Waals surface area contributed by atoms with Gasteiger partial charge in [0.1, 0.15) is 5.75 Å². The van der Waals surface area contributed by atoms with Crippen molar-refractivity contribution in [3.8, 4) is 5.75 Å². The molecule has 0 aliphatic rings. The van der Waals surface area contributed by atoms with E-state index in [-0.39, 0.29) is 5.41 Å². The van der Waals surface area contributed by atoms with Crippen LogP contribution in [-0.4, -0.2) is 7.11 Å². The predicted molar refractivity (Wildman–Crippen MR) is 61.7 cm³/mol. The average molecular weight is 233 g/mol. The summed E-state index contributed by atoms with van der Waals surface area (Å²) in [7, 11) is 1.60. The van der Waals surface area contributed by atoms with Crippen LogP contribution in [0.1, 0.15) is 26.3 Å². The normalized spacial score (nSPS) is 11.6. The third-order valence-electron chi connectivity index (χ3n) is 2.00. The zero-order valence-electron chi connectivity index (χ0n) is 8.82. The fourth-order valence-electron chi connectivity index (χ4n) is 1.38. The lowest BCUT2D eigenvalue weighted by molar-refractivity contribution is 0.414. The fourth-order valence-corrected chi connectivity index (χ4v) is 2.42. The van der Waals surface area contributed by atoms with Crippen LogP contribution in [0.3, 0.4) is 0 Å². The van der Waals surface area contributed by atoms with Crippen molar-refractivity contribution in [1.29, 1.82) is 0 Å². The number of methoxy groups -OCH3 is 1. The van der Waals surface area contributed by atoms with E-state index in [1.807, 2.05) is 0 Å². The van der Waals surface area contributed by atoms with Gasteiger partial charge < -0.3 is 4.74 Å². The molecular formula is C11H14Cl2O. The van der Waals surface area contributed by atoms with Crippen LogP contribution in [0.5, 0.6) is 5.75 Å². The molecule has 0 aliphatic heterocycles. The van der Waals surface area contributed by atoms with E-state index in [4.69, 9.17) is 27.9 Å². The van der Waals surface area contributed by atoms with Gasteiger partial charge in [0.2, 0.25) is 0 Å². The van der Waals surface area contributed by atoms with E-state index in [2.05, 4.69) is 20.8 Å². The first-order valence-corrected chi connectivity index (χ1v) is 5.15. The number of rotatable bonds is 1. The van der Waals surface area contributed by atoms with Crippen molar-refractivity contribution < 1.29 is 4.74 Å². The van der Waals surface area contributed by atoms with Gasteiger partial charge in [-0.2, -0.15) is 0 Å². The number of ether oxygens (including phenoxy) is 1. The summed E-state index contributed by atoms with van der Waals surface area (Å²) in [5.41, 5.74) is 0.905. The summed E-state index contributed by atoms with van der Waals surface area (Å²) in [6, 6.07) is 3.57. The first-order chi connectivity index (χ1) is 6.36. The van der Waals surface area contributed by atoms with Crippen LogP contribution < -0.4 is 4.74 Å². The first kappa shape index (κ1) is 11.7. The number of hydrogen-bond acceptors (Lipinski definition) is 1. The maximum absolute atomic E-state index is 6.13. The smallest absolute Gasteiger partial charge is 0.121 e. The largest absolute Gasteiger partial charge is 0.497 e. The molecule has 0 aromatic heterocycles. The molecule has 0 spiro atoms. The molecule has 1 aromatic carbocycles. The Morgan fingerprint density at radius 3 is 1.79 bits per heavy atom. The van der Waals surface area contributed by atoms with Gasteiger partial charge in [-0.3, -0.25) is 0 Å². The van der Waals surface area contributed by atoms with E-state index >= 15 is 0 Å². The highest BCUT2D eigenvalue weighted by molar-refractivity contribution is 6.36. The van der Waals surface area contributed by atoms with Gasteiger partial charge in [0.15, 0.2) is 0 Å². The third-order valence-corrected chi connectivity index (χ3v) is 2.60. The van der Waals surface area contributed by atoms with Crippen molar-refractivity contribution >= 4 is 23.2 Å². The maximum atomic E-state index is 6.13. The average Bonchev–Trinajstić information content (AvgIpc) is 1.99. The van der Waals surface area contributed by atoms with Gasteiger partial charge >= 0.3 is 0 Å². The summed E-state index contributed by atoms with van der Waals surface area (Å²) in [4.78, 5) is 0. The number of hydrogen-bond donors (Lipinski definition) is 0. The van der Waals surface area contributed by atoms with Gasteiger partial charge in [-0.25, -0.2) is 0 Å². The van der Waals surface area contributed by atoms with E-state index in [9.17, 15) is 0 Å². The van der Waals surface area contributed by atoms with Gasteiger partial charge in [0.05, 0.1) is 7.11 Å². The van der Waals surface area contributed by atoms with Crippen molar-refractivity contribution in [2.75, 3.05) is 7.11 Å². The molecule has 78 valence electrons. The fraction of sp³-hybridized carbons (Fsp3) is 0.455. The summed E-state index contributed by atoms with van der Waals surface area (Å²) in [6.07, 6.45) is 0. The third kappa shape index (κ3) is 2.34. The highest BCUT2D eigenvalue weighted by Crippen LogP contribution is 2.38. The molecule has 0 saturated carbocycles. The van der Waals surface area contributed by atoms with E-state index in [0.717, 1.165) is 5.56 Å². The van der Waals surface area contributed by atoms with Gasteiger partial charge in [-0.1, -0.05) is 44.0 Å². The quantitative estimate of drug-likeness (QED) is 0.702. The standard InChI is InChI=1S/C11H14Cl2O/c1-11(2,3)10-8(12)5-7(14-4)6-9(10)13/h5-6H,1-4H3. The van der Waals surface area contributed by atoms with Crippen LogP contribution in [0.15, 0.2) is 12.1 Å².